The Labute approximate surface area is 305 Å². The molecule has 0 saturated carbocycles. The van der Waals surface area contributed by atoms with Gasteiger partial charge in [0.05, 0.1) is 5.56 Å². The molecule has 0 aromatic heterocycles. The molecule has 17 heteroatoms. The molecule has 6 N–H and O–H groups in total. The van der Waals surface area contributed by atoms with Crippen LogP contribution in [-0.4, -0.2) is 156 Å². The van der Waals surface area contributed by atoms with E-state index in [1.807, 2.05) is 0 Å². The largest absolute Gasteiger partial charge is 2.00 e. The summed E-state index contributed by atoms with van der Waals surface area (Å²) >= 11 is 0. The van der Waals surface area contributed by atoms with Crippen LogP contribution >= 0.6 is 7.82 Å². The van der Waals surface area contributed by atoms with Crippen molar-refractivity contribution in [1.29, 1.82) is 0 Å². The second kappa shape index (κ2) is 26.1. The summed E-state index contributed by atoms with van der Waals surface area (Å²) in [4.78, 5) is 31.8. The van der Waals surface area contributed by atoms with Gasteiger partial charge in [-0.25, -0.2) is 9.36 Å². The second-order valence-corrected chi connectivity index (χ2v) is 4.55. The molecular formula is C7H19Ca3KNaO10PS. The summed E-state index contributed by atoms with van der Waals surface area (Å²) in [6.07, 6.45) is 0. The Balaban J connectivity index is -0.00000000899. The Kier molecular flexibility index (Phi) is 51.2. The predicted molar refractivity (Wildman–Crippen MR) is 88.0 cm³/mol. The van der Waals surface area contributed by atoms with Gasteiger partial charge in [-0.1, -0.05) is 18.2 Å². The third kappa shape index (κ3) is 63.1. The molecule has 0 aliphatic heterocycles. The molecule has 0 bridgehead atoms. The Morgan fingerprint density at radius 3 is 1.29 bits per heavy atom. The van der Waals surface area contributed by atoms with Crippen molar-refractivity contribution >= 4 is 137 Å². The summed E-state index contributed by atoms with van der Waals surface area (Å²) in [5, 5.41) is 8.38. The van der Waals surface area contributed by atoms with Gasteiger partial charge in [0.15, 0.2) is 0 Å². The summed E-state index contributed by atoms with van der Waals surface area (Å²) in [5.74, 6) is -0.879. The van der Waals surface area contributed by atoms with Crippen LogP contribution in [0.2, 0.25) is 0 Å². The minimum atomic E-state index is -4.67. The Bertz CT molecular complexity index is 552. The molecule has 0 heterocycles. The molecule has 0 aliphatic carbocycles. The fourth-order valence-corrected chi connectivity index (χ4v) is 0.581. The molecule has 0 aliphatic rings. The maximum atomic E-state index is 10.2. The zero-order valence-corrected chi connectivity index (χ0v) is 26.6. The number of carbonyl (C=O) groups is 1. The molecule has 0 saturated heterocycles. The molecule has 24 heavy (non-hydrogen) atoms. The zero-order valence-electron chi connectivity index (χ0n) is 21.2. The smallest absolute Gasteiger partial charge is 1.00 e. The molecule has 0 amide bonds. The van der Waals surface area contributed by atoms with Crippen LogP contribution in [0.15, 0.2) is 30.3 Å². The first kappa shape index (κ1) is 47.0. The van der Waals surface area contributed by atoms with E-state index in [4.69, 9.17) is 41.9 Å². The second-order valence-electron chi connectivity index (χ2n) is 2.63. The van der Waals surface area contributed by atoms with Gasteiger partial charge < -0.3 is 31.2 Å². The topological polar surface area (TPSA) is 190 Å². The van der Waals surface area contributed by atoms with Crippen LogP contribution in [0.5, 0.6) is 0 Å². The van der Waals surface area contributed by atoms with Crippen LogP contribution in [0.25, 0.3) is 0 Å². The zero-order chi connectivity index (χ0) is 15.7. The summed E-state index contributed by atoms with van der Waals surface area (Å²) < 4.78 is 40.5. The van der Waals surface area contributed by atoms with E-state index >= 15 is 0 Å². The summed E-state index contributed by atoms with van der Waals surface area (Å²) in [7, 11) is -9.31. The first-order chi connectivity index (χ1) is 8.30. The van der Waals surface area contributed by atoms with Crippen molar-refractivity contribution in [3.8, 4) is 0 Å². The first-order valence-electron chi connectivity index (χ1n) is 4.07. The molecule has 1 rings (SSSR count). The van der Waals surface area contributed by atoms with Crippen molar-refractivity contribution < 1.29 is 139 Å². The average molecular weight is 509 g/mol. The maximum absolute atomic E-state index is 10.2. The number of benzene rings is 1. The van der Waals surface area contributed by atoms with E-state index in [2.05, 4.69) is 0 Å². The minimum absolute atomic E-state index is 0. The molecule has 0 spiro atoms. The SMILES string of the molecule is O=C(O)c1ccccc1.O=P(O)(O)O.O=S(=O)(O)O.[Ca+2].[Ca+2].[Ca+2].[H-].[H-].[H-].[H-].[H-].[H-].[H-].[H-].[K+].[Na+]. The van der Waals surface area contributed by atoms with Gasteiger partial charge in [-0.2, -0.15) is 8.42 Å². The Hall–Kier alpha value is 5.09. The van der Waals surface area contributed by atoms with Gasteiger partial charge in [0, 0.05) is 0 Å². The van der Waals surface area contributed by atoms with Crippen LogP contribution in [0.1, 0.15) is 21.8 Å². The molecule has 126 valence electrons. The normalized spacial score (nSPS) is 8.21. The summed E-state index contributed by atoms with van der Waals surface area (Å²) in [6, 6.07) is 8.30. The van der Waals surface area contributed by atoms with Crippen molar-refractivity contribution in [2.45, 2.75) is 0 Å². The fourth-order valence-electron chi connectivity index (χ4n) is 0.581. The van der Waals surface area contributed by atoms with Gasteiger partial charge in [-0.05, 0) is 12.1 Å². The fraction of sp³-hybridized carbons (Fsp3) is 0. The van der Waals surface area contributed by atoms with Gasteiger partial charge in [0.1, 0.15) is 0 Å². The van der Waals surface area contributed by atoms with Gasteiger partial charge in [-0.3, -0.25) is 9.11 Å². The van der Waals surface area contributed by atoms with Crippen molar-refractivity contribution in [2.75, 3.05) is 0 Å². The number of hydrogen-bond acceptors (Lipinski definition) is 4. The number of rotatable bonds is 1. The summed E-state index contributed by atoms with van der Waals surface area (Å²) in [5.41, 5.74) is 0.331. The summed E-state index contributed by atoms with van der Waals surface area (Å²) in [6.45, 7) is 0. The van der Waals surface area contributed by atoms with E-state index in [1.54, 1.807) is 30.3 Å². The van der Waals surface area contributed by atoms with Crippen LogP contribution < -0.4 is 80.9 Å². The van der Waals surface area contributed by atoms with E-state index in [1.165, 1.54) is 0 Å². The molecule has 1 aromatic rings. The van der Waals surface area contributed by atoms with Crippen LogP contribution in [0.4, 0.5) is 0 Å². The molecule has 0 fully saturated rings. The molecule has 0 unspecified atom stereocenters. The first-order valence-corrected chi connectivity index (χ1v) is 7.03. The van der Waals surface area contributed by atoms with E-state index in [0.717, 1.165) is 0 Å². The Morgan fingerprint density at radius 1 is 0.958 bits per heavy atom. The van der Waals surface area contributed by atoms with Crippen molar-refractivity contribution in [2.24, 2.45) is 0 Å². The average Bonchev–Trinajstić information content (AvgIpc) is 2.13. The van der Waals surface area contributed by atoms with E-state index in [0.29, 0.717) is 5.56 Å². The molecule has 0 atom stereocenters. The van der Waals surface area contributed by atoms with E-state index in [9.17, 15) is 4.79 Å². The van der Waals surface area contributed by atoms with Crippen LogP contribution in [0, 0.1) is 0 Å². The standard InChI is InChI=1S/C7H6O2.3Ca.K.Na.H3O4P.H2O4S.8H/c8-7(9)6-4-2-1-3-5-6;;;;;;2*1-5(2,3)4;;;;;;;;/h1-5H,(H,8,9);;;;;;(H3,1,2,3,4);(H2,1,2,3,4);;;;;;;;/q;3*+2;2*+1;;;8*-1. The van der Waals surface area contributed by atoms with Crippen molar-refractivity contribution in [1.82, 2.24) is 0 Å². The van der Waals surface area contributed by atoms with Gasteiger partial charge in [0.2, 0.25) is 0 Å². The van der Waals surface area contributed by atoms with Crippen molar-refractivity contribution in [3.05, 3.63) is 35.9 Å². The molecular weight excluding hydrogens is 489 g/mol. The third-order valence-corrected chi connectivity index (χ3v) is 1.02. The van der Waals surface area contributed by atoms with E-state index in [-0.39, 0.29) is 206 Å². The predicted octanol–water partition coefficient (Wildman–Crippen LogP) is -6.43. The number of carboxylic acid groups (broad SMARTS) is 1. The van der Waals surface area contributed by atoms with Gasteiger partial charge in [0.25, 0.3) is 0 Å². The van der Waals surface area contributed by atoms with Crippen molar-refractivity contribution in [3.63, 3.8) is 0 Å². The minimum Gasteiger partial charge on any atom is -1.00 e. The van der Waals surface area contributed by atoms with E-state index < -0.39 is 24.2 Å². The molecule has 1 aromatic carbocycles. The quantitative estimate of drug-likeness (QED) is 0.121. The number of phosphoric acid groups is 1. The Morgan fingerprint density at radius 2 is 1.17 bits per heavy atom. The number of carboxylic acids is 1. The molecule has 10 nitrogen and oxygen atoms in total. The van der Waals surface area contributed by atoms with Crippen LogP contribution in [-0.2, 0) is 15.0 Å². The maximum Gasteiger partial charge on any atom is 2.00 e. The van der Waals surface area contributed by atoms with Gasteiger partial charge >= 0.3 is 218 Å². The van der Waals surface area contributed by atoms with Crippen LogP contribution in [0.3, 0.4) is 0 Å². The van der Waals surface area contributed by atoms with Gasteiger partial charge in [-0.15, -0.1) is 0 Å². The third-order valence-electron chi connectivity index (χ3n) is 1.02. The molecule has 0 radical (unpaired) electrons. The number of aromatic carboxylic acids is 1. The number of hydrogen-bond donors (Lipinski definition) is 6. The monoisotopic (exact) mass is 508 g/mol.